The number of non-ortho nitro benzene ring substituents is 1. The van der Waals surface area contributed by atoms with Crippen molar-refractivity contribution in [3.63, 3.8) is 0 Å². The van der Waals surface area contributed by atoms with Crippen molar-refractivity contribution in [2.45, 2.75) is 11.4 Å². The zero-order valence-electron chi connectivity index (χ0n) is 13.6. The molecule has 2 heterocycles. The van der Waals surface area contributed by atoms with Crippen LogP contribution in [-0.2, 0) is 16.6 Å². The Balaban J connectivity index is 1.64. The van der Waals surface area contributed by atoms with Gasteiger partial charge in [0.25, 0.3) is 5.69 Å². The first-order chi connectivity index (χ1) is 12.0. The standard InChI is InChI=1S/C16H18N4O4S/c21-20(22)15-4-6-16(7-5-15)25(23,24)19-11-9-18(10-12-19)13-14-3-1-2-8-17-14/h1-8H,9-13H2/p+2. The highest BCUT2D eigenvalue weighted by Gasteiger charge is 2.31. The molecule has 0 bridgehead atoms. The van der Waals surface area contributed by atoms with E-state index in [1.54, 1.807) is 0 Å². The van der Waals surface area contributed by atoms with E-state index in [2.05, 4.69) is 4.98 Å². The smallest absolute Gasteiger partial charge is 0.269 e. The highest BCUT2D eigenvalue weighted by Crippen LogP contribution is 2.19. The number of hydrogen-bond acceptors (Lipinski definition) is 4. The molecule has 1 aliphatic rings. The molecule has 25 heavy (non-hydrogen) atoms. The number of hydrogen-bond donors (Lipinski definition) is 1. The summed E-state index contributed by atoms with van der Waals surface area (Å²) in [5, 5.41) is 10.7. The van der Waals surface area contributed by atoms with Gasteiger partial charge in [-0.05, 0) is 18.2 Å². The Labute approximate surface area is 145 Å². The van der Waals surface area contributed by atoms with Gasteiger partial charge in [0, 0.05) is 24.3 Å². The van der Waals surface area contributed by atoms with Crippen molar-refractivity contribution in [2.75, 3.05) is 26.2 Å². The molecule has 1 fully saturated rings. The molecule has 2 N–H and O–H groups in total. The van der Waals surface area contributed by atoms with E-state index in [4.69, 9.17) is 0 Å². The number of nitro benzene ring substituents is 1. The van der Waals surface area contributed by atoms with Gasteiger partial charge in [0.05, 0.1) is 36.0 Å². The number of aromatic nitrogens is 1. The molecule has 2 aromatic rings. The zero-order chi connectivity index (χ0) is 17.9. The summed E-state index contributed by atoms with van der Waals surface area (Å²) >= 11 is 0. The number of nitrogens with zero attached hydrogens (tertiary/aromatic N) is 2. The molecule has 0 spiro atoms. The quantitative estimate of drug-likeness (QED) is 0.571. The minimum Gasteiger partial charge on any atom is -0.324 e. The lowest BCUT2D eigenvalue weighted by Gasteiger charge is -2.30. The molecule has 1 aliphatic heterocycles. The lowest BCUT2D eigenvalue weighted by molar-refractivity contribution is -0.921. The number of piperazine rings is 1. The molecule has 0 saturated carbocycles. The molecule has 0 atom stereocenters. The van der Waals surface area contributed by atoms with Gasteiger partial charge in [-0.2, -0.15) is 4.31 Å². The Bertz CT molecular complexity index is 832. The molecular formula is C16H20N4O4S+2. The minimum absolute atomic E-state index is 0.0953. The maximum Gasteiger partial charge on any atom is 0.269 e. The molecule has 8 nitrogen and oxygen atoms in total. The van der Waals surface area contributed by atoms with Gasteiger partial charge in [0.15, 0.2) is 12.7 Å². The number of aromatic amines is 1. The molecule has 0 aliphatic carbocycles. The number of quaternary nitrogens is 1. The van der Waals surface area contributed by atoms with Crippen LogP contribution in [0.4, 0.5) is 5.69 Å². The van der Waals surface area contributed by atoms with Crippen molar-refractivity contribution >= 4 is 15.7 Å². The molecule has 132 valence electrons. The van der Waals surface area contributed by atoms with E-state index in [-0.39, 0.29) is 10.6 Å². The molecule has 0 unspecified atom stereocenters. The van der Waals surface area contributed by atoms with Crippen molar-refractivity contribution in [1.29, 1.82) is 0 Å². The third-order valence-electron chi connectivity index (χ3n) is 4.33. The van der Waals surface area contributed by atoms with E-state index < -0.39 is 14.9 Å². The molecule has 1 aromatic heterocycles. The van der Waals surface area contributed by atoms with Gasteiger partial charge in [0.1, 0.15) is 0 Å². The summed E-state index contributed by atoms with van der Waals surface area (Å²) in [5.74, 6) is 0. The number of benzene rings is 1. The van der Waals surface area contributed by atoms with Crippen LogP contribution in [0.2, 0.25) is 0 Å². The van der Waals surface area contributed by atoms with Gasteiger partial charge in [-0.3, -0.25) is 10.1 Å². The highest BCUT2D eigenvalue weighted by molar-refractivity contribution is 7.89. The first kappa shape index (κ1) is 17.5. The summed E-state index contributed by atoms with van der Waals surface area (Å²) in [4.78, 5) is 14.7. The van der Waals surface area contributed by atoms with Crippen molar-refractivity contribution in [2.24, 2.45) is 0 Å². The van der Waals surface area contributed by atoms with Crippen LogP contribution in [0, 0.1) is 10.1 Å². The van der Waals surface area contributed by atoms with E-state index in [0.29, 0.717) is 13.1 Å². The molecule has 9 heteroatoms. The average Bonchev–Trinajstić information content (AvgIpc) is 2.63. The van der Waals surface area contributed by atoms with Gasteiger partial charge in [0.2, 0.25) is 15.7 Å². The van der Waals surface area contributed by atoms with Gasteiger partial charge < -0.3 is 4.90 Å². The first-order valence-corrected chi connectivity index (χ1v) is 9.44. The van der Waals surface area contributed by atoms with Crippen LogP contribution in [0.25, 0.3) is 0 Å². The molecule has 1 saturated heterocycles. The van der Waals surface area contributed by atoms with Gasteiger partial charge in [-0.1, -0.05) is 0 Å². The van der Waals surface area contributed by atoms with Gasteiger partial charge in [-0.25, -0.2) is 13.4 Å². The maximum absolute atomic E-state index is 12.7. The van der Waals surface area contributed by atoms with Gasteiger partial charge in [-0.15, -0.1) is 0 Å². The molecule has 0 radical (unpaired) electrons. The van der Waals surface area contributed by atoms with E-state index in [1.807, 2.05) is 24.4 Å². The number of H-pyrrole nitrogens is 1. The second-order valence-corrected chi connectivity index (χ2v) is 7.91. The third-order valence-corrected chi connectivity index (χ3v) is 6.24. The predicted molar refractivity (Wildman–Crippen MR) is 89.3 cm³/mol. The largest absolute Gasteiger partial charge is 0.324 e. The normalized spacial score (nSPS) is 16.6. The van der Waals surface area contributed by atoms with Crippen LogP contribution in [0.5, 0.6) is 0 Å². The third kappa shape index (κ3) is 4.01. The Morgan fingerprint density at radius 2 is 1.80 bits per heavy atom. The Morgan fingerprint density at radius 3 is 2.36 bits per heavy atom. The molecule has 1 aromatic carbocycles. The molecular weight excluding hydrogens is 344 g/mol. The zero-order valence-corrected chi connectivity index (χ0v) is 14.4. The lowest BCUT2D eigenvalue weighted by atomic mass is 10.3. The summed E-state index contributed by atoms with van der Waals surface area (Å²) in [5.41, 5.74) is 0.997. The van der Waals surface area contributed by atoms with Crippen LogP contribution in [0.1, 0.15) is 5.69 Å². The first-order valence-electron chi connectivity index (χ1n) is 8.00. The minimum atomic E-state index is -3.61. The maximum atomic E-state index is 12.7. The average molecular weight is 364 g/mol. The summed E-state index contributed by atoms with van der Waals surface area (Å²) in [7, 11) is -3.61. The summed E-state index contributed by atoms with van der Waals surface area (Å²) in [6.07, 6.45) is 1.88. The summed E-state index contributed by atoms with van der Waals surface area (Å²) in [6.45, 7) is 3.12. The topological polar surface area (TPSA) is 99.1 Å². The fraction of sp³-hybridized carbons (Fsp3) is 0.312. The molecule has 3 rings (SSSR count). The Hall–Kier alpha value is -2.36. The number of rotatable bonds is 5. The van der Waals surface area contributed by atoms with E-state index >= 15 is 0 Å². The van der Waals surface area contributed by atoms with E-state index in [1.165, 1.54) is 33.5 Å². The second-order valence-electron chi connectivity index (χ2n) is 5.97. The van der Waals surface area contributed by atoms with Crippen molar-refractivity contribution in [1.82, 2.24) is 4.31 Å². The summed E-state index contributed by atoms with van der Waals surface area (Å²) in [6, 6.07) is 11.0. The van der Waals surface area contributed by atoms with Gasteiger partial charge >= 0.3 is 0 Å². The number of nitrogens with one attached hydrogen (secondary N) is 2. The van der Waals surface area contributed by atoms with Crippen LogP contribution in [0.15, 0.2) is 53.6 Å². The van der Waals surface area contributed by atoms with Crippen LogP contribution < -0.4 is 9.88 Å². The Kier molecular flexibility index (Phi) is 5.07. The van der Waals surface area contributed by atoms with Crippen LogP contribution in [0.3, 0.4) is 0 Å². The fourth-order valence-corrected chi connectivity index (χ4v) is 4.36. The molecule has 0 amide bonds. The number of sulfonamides is 1. The van der Waals surface area contributed by atoms with Crippen molar-refractivity contribution < 1.29 is 23.2 Å². The lowest BCUT2D eigenvalue weighted by Crippen LogP contribution is -3.13. The second kappa shape index (κ2) is 7.26. The monoisotopic (exact) mass is 364 g/mol. The Morgan fingerprint density at radius 1 is 1.12 bits per heavy atom. The highest BCUT2D eigenvalue weighted by atomic mass is 32.2. The van der Waals surface area contributed by atoms with Crippen molar-refractivity contribution in [3.8, 4) is 0 Å². The van der Waals surface area contributed by atoms with E-state index in [0.717, 1.165) is 25.3 Å². The van der Waals surface area contributed by atoms with Crippen LogP contribution in [-0.4, -0.2) is 43.8 Å². The van der Waals surface area contributed by atoms with E-state index in [9.17, 15) is 18.5 Å². The predicted octanol–water partition coefficient (Wildman–Crippen LogP) is -0.502. The number of pyridine rings is 1. The van der Waals surface area contributed by atoms with Crippen LogP contribution >= 0.6 is 0 Å². The number of nitro groups is 1. The fourth-order valence-electron chi connectivity index (χ4n) is 2.92. The summed E-state index contributed by atoms with van der Waals surface area (Å²) < 4.78 is 26.8. The van der Waals surface area contributed by atoms with Crippen molar-refractivity contribution in [3.05, 3.63) is 64.5 Å². The SMILES string of the molecule is O=[N+]([O-])c1ccc(S(=O)(=O)N2CC[NH+](Cc3cccc[nH+]3)CC2)cc1.